The Morgan fingerprint density at radius 3 is 2.18 bits per heavy atom. The van der Waals surface area contributed by atoms with Crippen molar-refractivity contribution in [1.82, 2.24) is 10.2 Å². The van der Waals surface area contributed by atoms with Crippen LogP contribution < -0.4 is 9.62 Å². The first-order valence-electron chi connectivity index (χ1n) is 10.5. The molecule has 0 aliphatic heterocycles. The van der Waals surface area contributed by atoms with Gasteiger partial charge >= 0.3 is 0 Å². The van der Waals surface area contributed by atoms with Gasteiger partial charge in [0, 0.05) is 32.7 Å². The lowest BCUT2D eigenvalue weighted by molar-refractivity contribution is -0.139. The van der Waals surface area contributed by atoms with Gasteiger partial charge in [-0.1, -0.05) is 45.2 Å². The van der Waals surface area contributed by atoms with Gasteiger partial charge in [0.25, 0.3) is 0 Å². The Labute approximate surface area is 219 Å². The lowest BCUT2D eigenvalue weighted by Gasteiger charge is -2.32. The minimum absolute atomic E-state index is 0.0685. The lowest BCUT2D eigenvalue weighted by atomic mass is 10.1. The topological polar surface area (TPSA) is 86.8 Å². The Kier molecular flexibility index (Phi) is 9.82. The second-order valence-corrected chi connectivity index (χ2v) is 11.8. The van der Waals surface area contributed by atoms with E-state index in [0.29, 0.717) is 21.3 Å². The third-order valence-electron chi connectivity index (χ3n) is 5.10. The summed E-state index contributed by atoms with van der Waals surface area (Å²) in [5, 5.41) is 3.46. The fourth-order valence-corrected chi connectivity index (χ4v) is 4.84. The lowest BCUT2D eigenvalue weighted by Crippen LogP contribution is -2.52. The van der Waals surface area contributed by atoms with Crippen LogP contribution in [0.3, 0.4) is 0 Å². The van der Waals surface area contributed by atoms with E-state index in [2.05, 4.69) is 21.2 Å². The molecule has 0 aromatic heterocycles. The number of amides is 2. The summed E-state index contributed by atoms with van der Waals surface area (Å²) in [4.78, 5) is 27.6. The largest absolute Gasteiger partial charge is 0.352 e. The van der Waals surface area contributed by atoms with Crippen LogP contribution in [-0.4, -0.2) is 50.0 Å². The number of hydrogen-bond acceptors (Lipinski definition) is 4. The summed E-state index contributed by atoms with van der Waals surface area (Å²) >= 11 is 16.0. The molecular weight excluding hydrogens is 565 g/mol. The van der Waals surface area contributed by atoms with Crippen LogP contribution in [0.4, 0.5) is 5.69 Å². The molecule has 0 heterocycles. The first-order valence-corrected chi connectivity index (χ1v) is 13.9. The summed E-state index contributed by atoms with van der Waals surface area (Å²) in [5.74, 6) is -0.953. The average molecular weight is 593 g/mol. The molecule has 0 radical (unpaired) electrons. The van der Waals surface area contributed by atoms with Gasteiger partial charge in [0.15, 0.2) is 0 Å². The van der Waals surface area contributed by atoms with E-state index in [1.54, 1.807) is 43.3 Å². The summed E-state index contributed by atoms with van der Waals surface area (Å²) in [5.41, 5.74) is 1.61. The number of aryl methyl sites for hydroxylation is 1. The molecule has 0 saturated carbocycles. The zero-order valence-corrected chi connectivity index (χ0v) is 23.5. The molecule has 0 fully saturated rings. The number of anilines is 1. The van der Waals surface area contributed by atoms with E-state index >= 15 is 0 Å². The second kappa shape index (κ2) is 11.7. The summed E-state index contributed by atoms with van der Waals surface area (Å²) < 4.78 is 27.1. The van der Waals surface area contributed by atoms with Crippen molar-refractivity contribution in [2.45, 2.75) is 46.3 Å². The average Bonchev–Trinajstić information content (AvgIpc) is 2.72. The number of benzene rings is 2. The van der Waals surface area contributed by atoms with Crippen LogP contribution in [0.1, 0.15) is 31.9 Å². The maximum Gasteiger partial charge on any atom is 0.244 e. The van der Waals surface area contributed by atoms with Gasteiger partial charge in [-0.3, -0.25) is 13.9 Å². The van der Waals surface area contributed by atoms with E-state index in [-0.39, 0.29) is 18.5 Å². The van der Waals surface area contributed by atoms with Gasteiger partial charge in [-0.05, 0) is 63.6 Å². The van der Waals surface area contributed by atoms with Crippen molar-refractivity contribution < 1.29 is 18.0 Å². The fourth-order valence-electron chi connectivity index (χ4n) is 3.24. The van der Waals surface area contributed by atoms with Gasteiger partial charge in [0.2, 0.25) is 21.8 Å². The molecule has 186 valence electrons. The summed E-state index contributed by atoms with van der Waals surface area (Å²) in [6.07, 6.45) is 1.03. The minimum atomic E-state index is -3.81. The van der Waals surface area contributed by atoms with Gasteiger partial charge in [-0.25, -0.2) is 8.42 Å². The zero-order chi connectivity index (χ0) is 25.8. The molecule has 1 N–H and O–H groups in total. The van der Waals surface area contributed by atoms with Crippen molar-refractivity contribution >= 4 is 66.7 Å². The molecular formula is C23H28BrCl2N3O4S. The maximum absolute atomic E-state index is 13.5. The molecule has 0 aliphatic rings. The number of halogens is 3. The monoisotopic (exact) mass is 591 g/mol. The smallest absolute Gasteiger partial charge is 0.244 e. The number of rotatable bonds is 9. The highest BCUT2D eigenvalue weighted by Gasteiger charge is 2.31. The summed E-state index contributed by atoms with van der Waals surface area (Å²) in [6, 6.07) is 8.89. The van der Waals surface area contributed by atoms with Crippen LogP contribution in [0, 0.1) is 6.92 Å². The summed E-state index contributed by atoms with van der Waals surface area (Å²) in [7, 11) is -3.81. The van der Waals surface area contributed by atoms with Crippen molar-refractivity contribution in [3.63, 3.8) is 0 Å². The summed E-state index contributed by atoms with van der Waals surface area (Å²) in [6.45, 7) is 6.45. The highest BCUT2D eigenvalue weighted by molar-refractivity contribution is 9.10. The number of nitrogens with one attached hydrogen (secondary N) is 1. The highest BCUT2D eigenvalue weighted by Crippen LogP contribution is 2.28. The Morgan fingerprint density at radius 1 is 1.09 bits per heavy atom. The number of hydrogen-bond donors (Lipinski definition) is 1. The van der Waals surface area contributed by atoms with E-state index in [4.69, 9.17) is 23.2 Å². The molecule has 1 unspecified atom stereocenters. The molecule has 0 saturated heterocycles. The molecule has 2 aromatic carbocycles. The predicted molar refractivity (Wildman–Crippen MR) is 141 cm³/mol. The predicted octanol–water partition coefficient (Wildman–Crippen LogP) is 4.77. The van der Waals surface area contributed by atoms with Crippen molar-refractivity contribution in [3.8, 4) is 0 Å². The van der Waals surface area contributed by atoms with Crippen molar-refractivity contribution in [1.29, 1.82) is 0 Å². The van der Waals surface area contributed by atoms with Gasteiger partial charge in [-0.15, -0.1) is 0 Å². The third kappa shape index (κ3) is 7.34. The first kappa shape index (κ1) is 28.4. The SMILES string of the molecule is Cc1cc(N(CC(=O)N(Cc2c(Cl)cccc2Cl)C(C)C(=O)NC(C)C)S(C)(=O)=O)ccc1Br. The van der Waals surface area contributed by atoms with E-state index in [9.17, 15) is 18.0 Å². The quantitative estimate of drug-likeness (QED) is 0.454. The van der Waals surface area contributed by atoms with Crippen molar-refractivity contribution in [2.75, 3.05) is 17.1 Å². The maximum atomic E-state index is 13.5. The van der Waals surface area contributed by atoms with Gasteiger partial charge in [-0.2, -0.15) is 0 Å². The Bertz CT molecular complexity index is 1150. The number of carbonyl (C=O) groups excluding carboxylic acids is 2. The molecule has 0 bridgehead atoms. The van der Waals surface area contributed by atoms with Crippen LogP contribution >= 0.6 is 39.1 Å². The second-order valence-electron chi connectivity index (χ2n) is 8.26. The molecule has 1 atom stereocenters. The fraction of sp³-hybridized carbons (Fsp3) is 0.391. The third-order valence-corrected chi connectivity index (χ3v) is 7.84. The number of carbonyl (C=O) groups is 2. The minimum Gasteiger partial charge on any atom is -0.352 e. The van der Waals surface area contributed by atoms with E-state index < -0.39 is 28.5 Å². The number of sulfonamides is 1. The first-order chi connectivity index (χ1) is 15.7. The molecule has 2 amide bonds. The zero-order valence-electron chi connectivity index (χ0n) is 19.6. The number of nitrogens with zero attached hydrogens (tertiary/aromatic N) is 2. The molecule has 11 heteroatoms. The van der Waals surface area contributed by atoms with Gasteiger partial charge < -0.3 is 10.2 Å². The van der Waals surface area contributed by atoms with Crippen LogP contribution in [-0.2, 0) is 26.2 Å². The van der Waals surface area contributed by atoms with Gasteiger partial charge in [0.05, 0.1) is 11.9 Å². The Balaban J connectivity index is 2.47. The van der Waals surface area contributed by atoms with Crippen molar-refractivity contribution in [3.05, 3.63) is 62.0 Å². The highest BCUT2D eigenvalue weighted by atomic mass is 79.9. The van der Waals surface area contributed by atoms with E-state index in [1.807, 2.05) is 20.8 Å². The Hall–Kier alpha value is -1.81. The van der Waals surface area contributed by atoms with Crippen LogP contribution in [0.15, 0.2) is 40.9 Å². The van der Waals surface area contributed by atoms with Crippen molar-refractivity contribution in [2.24, 2.45) is 0 Å². The van der Waals surface area contributed by atoms with Crippen LogP contribution in [0.2, 0.25) is 10.0 Å². The van der Waals surface area contributed by atoms with Crippen LogP contribution in [0.5, 0.6) is 0 Å². The standard InChI is InChI=1S/C23H28BrCl2N3O4S/c1-14(2)27-23(31)16(4)28(12-18-20(25)7-6-8-21(18)26)22(30)13-29(34(5,32)33)17-9-10-19(24)15(3)11-17/h6-11,14,16H,12-13H2,1-5H3,(H,27,31). The Morgan fingerprint density at radius 2 is 1.68 bits per heavy atom. The molecule has 0 spiro atoms. The molecule has 34 heavy (non-hydrogen) atoms. The molecule has 7 nitrogen and oxygen atoms in total. The normalized spacial score (nSPS) is 12.4. The molecule has 0 aliphatic carbocycles. The van der Waals surface area contributed by atoms with Crippen LogP contribution in [0.25, 0.3) is 0 Å². The molecule has 2 aromatic rings. The van der Waals surface area contributed by atoms with E-state index in [0.717, 1.165) is 20.6 Å². The van der Waals surface area contributed by atoms with Gasteiger partial charge in [0.1, 0.15) is 12.6 Å². The molecule has 2 rings (SSSR count). The van der Waals surface area contributed by atoms with E-state index in [1.165, 1.54) is 4.90 Å².